The minimum atomic E-state index is -0.265. The third-order valence-corrected chi connectivity index (χ3v) is 6.25. The van der Waals surface area contributed by atoms with Crippen molar-refractivity contribution in [1.29, 1.82) is 0 Å². The second kappa shape index (κ2) is 8.93. The Morgan fingerprint density at radius 2 is 1.25 bits per heavy atom. The molecule has 0 saturated carbocycles. The molecule has 1 fully saturated rings. The highest BCUT2D eigenvalue weighted by Gasteiger charge is 2.28. The maximum Gasteiger partial charge on any atom is 0.253 e. The van der Waals surface area contributed by atoms with Crippen molar-refractivity contribution >= 4 is 16.7 Å². The van der Waals surface area contributed by atoms with Gasteiger partial charge in [0, 0.05) is 31.7 Å². The number of amides is 1. The second-order valence-corrected chi connectivity index (χ2v) is 8.26. The van der Waals surface area contributed by atoms with E-state index in [2.05, 4.69) is 53.4 Å². The summed E-state index contributed by atoms with van der Waals surface area (Å²) in [4.78, 5) is 17.5. The molecular weight excluding hydrogens is 399 g/mol. The number of halogens is 1. The lowest BCUT2D eigenvalue weighted by molar-refractivity contribution is 0.0597. The van der Waals surface area contributed by atoms with Crippen molar-refractivity contribution in [2.75, 3.05) is 26.2 Å². The smallest absolute Gasteiger partial charge is 0.253 e. The molecule has 4 aromatic rings. The van der Waals surface area contributed by atoms with Crippen LogP contribution in [-0.4, -0.2) is 41.9 Å². The monoisotopic (exact) mass is 424 g/mol. The first-order valence-corrected chi connectivity index (χ1v) is 11.0. The number of benzene rings is 4. The Morgan fingerprint density at radius 3 is 1.88 bits per heavy atom. The van der Waals surface area contributed by atoms with Crippen LogP contribution in [0.1, 0.15) is 27.5 Å². The van der Waals surface area contributed by atoms with Gasteiger partial charge in [0.2, 0.25) is 0 Å². The first kappa shape index (κ1) is 20.4. The average molecular weight is 425 g/mol. The Hall–Kier alpha value is -3.50. The fraction of sp³-hybridized carbons (Fsp3) is 0.179. The third-order valence-electron chi connectivity index (χ3n) is 6.25. The molecule has 32 heavy (non-hydrogen) atoms. The molecule has 1 aliphatic rings. The molecule has 160 valence electrons. The number of hydrogen-bond donors (Lipinski definition) is 0. The lowest BCUT2D eigenvalue weighted by Gasteiger charge is -2.39. The van der Waals surface area contributed by atoms with Crippen LogP contribution in [0.4, 0.5) is 4.39 Å². The highest BCUT2D eigenvalue weighted by Crippen LogP contribution is 2.29. The summed E-state index contributed by atoms with van der Waals surface area (Å²) in [6, 6.07) is 31.4. The summed E-state index contributed by atoms with van der Waals surface area (Å²) in [5.41, 5.74) is 3.18. The van der Waals surface area contributed by atoms with Crippen molar-refractivity contribution in [1.82, 2.24) is 9.80 Å². The summed E-state index contributed by atoms with van der Waals surface area (Å²) in [5.74, 6) is -0.231. The number of piperazine rings is 1. The van der Waals surface area contributed by atoms with Gasteiger partial charge in [-0.25, -0.2) is 4.39 Å². The Bertz CT molecular complexity index is 1180. The number of nitrogens with zero attached hydrogens (tertiary/aromatic N) is 2. The molecule has 0 atom stereocenters. The molecule has 3 nitrogen and oxygen atoms in total. The van der Waals surface area contributed by atoms with E-state index in [1.54, 1.807) is 12.1 Å². The van der Waals surface area contributed by atoms with Crippen LogP contribution in [0.5, 0.6) is 0 Å². The van der Waals surface area contributed by atoms with Gasteiger partial charge in [-0.3, -0.25) is 9.69 Å². The maximum absolute atomic E-state index is 13.5. The molecule has 0 spiro atoms. The lowest BCUT2D eigenvalue weighted by Crippen LogP contribution is -2.49. The normalized spacial score (nSPS) is 14.8. The van der Waals surface area contributed by atoms with E-state index < -0.39 is 0 Å². The highest BCUT2D eigenvalue weighted by atomic mass is 19.1. The van der Waals surface area contributed by atoms with Crippen LogP contribution in [0.15, 0.2) is 97.1 Å². The van der Waals surface area contributed by atoms with Gasteiger partial charge in [0.15, 0.2) is 0 Å². The van der Waals surface area contributed by atoms with E-state index >= 15 is 0 Å². The molecule has 0 bridgehead atoms. The van der Waals surface area contributed by atoms with Crippen molar-refractivity contribution in [2.24, 2.45) is 0 Å². The predicted molar refractivity (Wildman–Crippen MR) is 126 cm³/mol. The lowest BCUT2D eigenvalue weighted by atomic mass is 9.96. The summed E-state index contributed by atoms with van der Waals surface area (Å²) >= 11 is 0. The van der Waals surface area contributed by atoms with E-state index in [1.165, 1.54) is 23.3 Å². The van der Waals surface area contributed by atoms with Gasteiger partial charge in [0.25, 0.3) is 5.91 Å². The molecule has 1 heterocycles. The fourth-order valence-corrected chi connectivity index (χ4v) is 4.60. The molecule has 1 amide bonds. The van der Waals surface area contributed by atoms with Crippen molar-refractivity contribution in [3.8, 4) is 0 Å². The van der Waals surface area contributed by atoms with Gasteiger partial charge >= 0.3 is 0 Å². The third kappa shape index (κ3) is 4.14. The summed E-state index contributed by atoms with van der Waals surface area (Å²) in [6.45, 7) is 2.96. The number of hydrogen-bond acceptors (Lipinski definition) is 2. The number of rotatable bonds is 4. The second-order valence-electron chi connectivity index (χ2n) is 8.26. The van der Waals surface area contributed by atoms with Gasteiger partial charge in [-0.2, -0.15) is 0 Å². The van der Waals surface area contributed by atoms with Crippen LogP contribution in [0.3, 0.4) is 0 Å². The van der Waals surface area contributed by atoms with Crippen molar-refractivity contribution in [3.05, 3.63) is 120 Å². The standard InChI is InChI=1S/C28H25FN2O/c29-26-14-13-23-19-25(12-11-24(23)20-26)28(32)31-17-15-30(16-18-31)27(21-7-3-1-4-8-21)22-9-5-2-6-10-22/h1-14,19-20,27H,15-18H2. The highest BCUT2D eigenvalue weighted by molar-refractivity contribution is 5.98. The van der Waals surface area contributed by atoms with Gasteiger partial charge in [0.05, 0.1) is 6.04 Å². The Labute approximate surface area is 187 Å². The van der Waals surface area contributed by atoms with Crippen molar-refractivity contribution in [2.45, 2.75) is 6.04 Å². The SMILES string of the molecule is O=C(c1ccc2cc(F)ccc2c1)N1CCN(C(c2ccccc2)c2ccccc2)CC1. The van der Waals surface area contributed by atoms with Crippen molar-refractivity contribution in [3.63, 3.8) is 0 Å². The van der Waals surface area contributed by atoms with Crippen LogP contribution in [0, 0.1) is 5.82 Å². The molecule has 4 heteroatoms. The minimum absolute atomic E-state index is 0.0341. The zero-order valence-electron chi connectivity index (χ0n) is 17.8. The summed E-state index contributed by atoms with van der Waals surface area (Å²) in [5, 5.41) is 1.68. The molecule has 0 radical (unpaired) electrons. The van der Waals surface area contributed by atoms with E-state index in [1.807, 2.05) is 29.2 Å². The van der Waals surface area contributed by atoms with Crippen LogP contribution >= 0.6 is 0 Å². The molecule has 1 saturated heterocycles. The van der Waals surface area contributed by atoms with Gasteiger partial charge < -0.3 is 4.90 Å². The molecule has 0 aliphatic carbocycles. The Kier molecular flexibility index (Phi) is 5.70. The average Bonchev–Trinajstić information content (AvgIpc) is 2.85. The zero-order valence-corrected chi connectivity index (χ0v) is 17.8. The van der Waals surface area contributed by atoms with E-state index in [9.17, 15) is 9.18 Å². The quantitative estimate of drug-likeness (QED) is 0.430. The van der Waals surface area contributed by atoms with E-state index in [0.717, 1.165) is 23.9 Å². The number of carbonyl (C=O) groups is 1. The fourth-order valence-electron chi connectivity index (χ4n) is 4.60. The molecular formula is C28H25FN2O. The first-order chi connectivity index (χ1) is 15.7. The molecule has 1 aliphatic heterocycles. The van der Waals surface area contributed by atoms with Crippen LogP contribution in [-0.2, 0) is 0 Å². The largest absolute Gasteiger partial charge is 0.336 e. The van der Waals surface area contributed by atoms with Gasteiger partial charge in [-0.1, -0.05) is 72.8 Å². The molecule has 0 unspecified atom stereocenters. The molecule has 5 rings (SSSR count). The van der Waals surface area contributed by atoms with Crippen molar-refractivity contribution < 1.29 is 9.18 Å². The summed E-state index contributed by atoms with van der Waals surface area (Å²) < 4.78 is 13.5. The van der Waals surface area contributed by atoms with Gasteiger partial charge in [-0.15, -0.1) is 0 Å². The van der Waals surface area contributed by atoms with Crippen LogP contribution < -0.4 is 0 Å². The molecule has 4 aromatic carbocycles. The predicted octanol–water partition coefficient (Wildman–Crippen LogP) is 5.53. The number of fused-ring (bicyclic) bond motifs is 1. The van der Waals surface area contributed by atoms with Crippen LogP contribution in [0.25, 0.3) is 10.8 Å². The van der Waals surface area contributed by atoms with E-state index in [4.69, 9.17) is 0 Å². The first-order valence-electron chi connectivity index (χ1n) is 11.0. The zero-order chi connectivity index (χ0) is 21.9. The van der Waals surface area contributed by atoms with Gasteiger partial charge in [-0.05, 0) is 46.2 Å². The van der Waals surface area contributed by atoms with Gasteiger partial charge in [0.1, 0.15) is 5.82 Å². The summed E-state index contributed by atoms with van der Waals surface area (Å²) in [6.07, 6.45) is 0. The molecule has 0 N–H and O–H groups in total. The Balaban J connectivity index is 1.33. The van der Waals surface area contributed by atoms with E-state index in [0.29, 0.717) is 18.7 Å². The van der Waals surface area contributed by atoms with E-state index in [-0.39, 0.29) is 17.8 Å². The topological polar surface area (TPSA) is 23.6 Å². The maximum atomic E-state index is 13.5. The molecule has 0 aromatic heterocycles. The van der Waals surface area contributed by atoms with Crippen LogP contribution in [0.2, 0.25) is 0 Å². The summed E-state index contributed by atoms with van der Waals surface area (Å²) in [7, 11) is 0. The Morgan fingerprint density at radius 1 is 0.688 bits per heavy atom. The number of carbonyl (C=O) groups excluding carboxylic acids is 1. The minimum Gasteiger partial charge on any atom is -0.336 e.